The van der Waals surface area contributed by atoms with Crippen molar-refractivity contribution in [1.29, 1.82) is 0 Å². The zero-order valence-corrected chi connectivity index (χ0v) is 18.7. The van der Waals surface area contributed by atoms with Crippen molar-refractivity contribution >= 4 is 17.6 Å². The van der Waals surface area contributed by atoms with E-state index >= 15 is 0 Å². The van der Waals surface area contributed by atoms with Crippen molar-refractivity contribution in [2.24, 2.45) is 0 Å². The van der Waals surface area contributed by atoms with Gasteiger partial charge in [-0.25, -0.2) is 9.48 Å². The first-order valence-corrected chi connectivity index (χ1v) is 10.4. The van der Waals surface area contributed by atoms with E-state index in [0.717, 1.165) is 11.1 Å². The molecule has 0 saturated carbocycles. The summed E-state index contributed by atoms with van der Waals surface area (Å²) in [4.78, 5) is 25.4. The van der Waals surface area contributed by atoms with Crippen molar-refractivity contribution < 1.29 is 14.6 Å². The summed E-state index contributed by atoms with van der Waals surface area (Å²) in [6, 6.07) is 14.5. The number of esters is 1. The number of hydrogen-bond donors (Lipinski definition) is 1. The van der Waals surface area contributed by atoms with E-state index in [1.54, 1.807) is 31.2 Å². The van der Waals surface area contributed by atoms with E-state index < -0.39 is 22.8 Å². The molecule has 0 unspecified atom stereocenters. The maximum atomic E-state index is 13.0. The predicted molar refractivity (Wildman–Crippen MR) is 121 cm³/mol. The number of carbonyl (C=O) groups excluding carboxylic acids is 1. The Kier molecular flexibility index (Phi) is 6.51. The van der Waals surface area contributed by atoms with E-state index in [-0.39, 0.29) is 24.3 Å². The lowest BCUT2D eigenvalue weighted by Crippen LogP contribution is -2.30. The molecule has 0 saturated heterocycles. The third-order valence-corrected chi connectivity index (χ3v) is 5.13. The third-order valence-electron chi connectivity index (χ3n) is 4.88. The molecule has 31 heavy (non-hydrogen) atoms. The molecule has 3 rings (SSSR count). The number of rotatable bonds is 5. The maximum absolute atomic E-state index is 13.0. The molecule has 7 heteroatoms. The summed E-state index contributed by atoms with van der Waals surface area (Å²) in [5, 5.41) is 15.6. The van der Waals surface area contributed by atoms with E-state index in [2.05, 4.69) is 25.9 Å². The van der Waals surface area contributed by atoms with Gasteiger partial charge in [-0.05, 0) is 35.6 Å². The monoisotopic (exact) mass is 440 g/mol. The van der Waals surface area contributed by atoms with Crippen LogP contribution in [-0.2, 0) is 16.7 Å². The highest BCUT2D eigenvalue weighted by Crippen LogP contribution is 2.30. The number of ether oxygens (including phenoxy) is 1. The van der Waals surface area contributed by atoms with Gasteiger partial charge in [-0.2, -0.15) is 5.10 Å². The van der Waals surface area contributed by atoms with Crippen LogP contribution >= 0.6 is 11.6 Å². The van der Waals surface area contributed by atoms with Crippen LogP contribution in [0.3, 0.4) is 0 Å². The Morgan fingerprint density at radius 3 is 2.26 bits per heavy atom. The fourth-order valence-electron chi connectivity index (χ4n) is 3.14. The largest absolute Gasteiger partial charge is 0.505 e. The molecule has 1 aromatic heterocycles. The molecule has 0 fully saturated rings. The standard InChI is InChI=1S/C24H25ClN2O4/c1-5-31-23(30)19-21(28)20(16-8-12-18(25)13-9-16)26-27(22(19)29)14-15-6-10-17(11-7-15)24(2,3)4/h6-13,28H,5,14H2,1-4H3. The van der Waals surface area contributed by atoms with Crippen LogP contribution in [0.2, 0.25) is 5.02 Å². The molecule has 6 nitrogen and oxygen atoms in total. The van der Waals surface area contributed by atoms with Gasteiger partial charge in [0.05, 0.1) is 13.2 Å². The number of benzene rings is 2. The molecule has 0 bridgehead atoms. The van der Waals surface area contributed by atoms with Crippen LogP contribution < -0.4 is 5.56 Å². The lowest BCUT2D eigenvalue weighted by molar-refractivity contribution is 0.0519. The molecule has 0 aliphatic carbocycles. The first kappa shape index (κ1) is 22.6. The molecule has 1 N–H and O–H groups in total. The highest BCUT2D eigenvalue weighted by Gasteiger charge is 2.25. The average molecular weight is 441 g/mol. The van der Waals surface area contributed by atoms with E-state index in [1.165, 1.54) is 4.68 Å². The van der Waals surface area contributed by atoms with Gasteiger partial charge in [0.25, 0.3) is 5.56 Å². The maximum Gasteiger partial charge on any atom is 0.347 e. The van der Waals surface area contributed by atoms with Crippen molar-refractivity contribution in [3.8, 4) is 17.0 Å². The van der Waals surface area contributed by atoms with Gasteiger partial charge in [-0.1, -0.05) is 68.8 Å². The minimum atomic E-state index is -0.889. The Labute approximate surface area is 186 Å². The number of nitrogens with zero attached hydrogens (tertiary/aromatic N) is 2. The van der Waals surface area contributed by atoms with Crippen LogP contribution in [0.15, 0.2) is 53.3 Å². The molecule has 0 radical (unpaired) electrons. The average Bonchev–Trinajstić information content (AvgIpc) is 2.71. The summed E-state index contributed by atoms with van der Waals surface area (Å²) >= 11 is 5.96. The third kappa shape index (κ3) is 4.97. The van der Waals surface area contributed by atoms with Crippen molar-refractivity contribution in [2.75, 3.05) is 6.61 Å². The van der Waals surface area contributed by atoms with Crippen LogP contribution in [0.1, 0.15) is 49.2 Å². The van der Waals surface area contributed by atoms with E-state index in [1.807, 2.05) is 24.3 Å². The summed E-state index contributed by atoms with van der Waals surface area (Å²) in [5.74, 6) is -1.40. The van der Waals surface area contributed by atoms with E-state index in [0.29, 0.717) is 10.6 Å². The van der Waals surface area contributed by atoms with Gasteiger partial charge in [0, 0.05) is 10.6 Å². The Morgan fingerprint density at radius 2 is 1.71 bits per heavy atom. The molecule has 3 aromatic rings. The second kappa shape index (κ2) is 8.94. The minimum Gasteiger partial charge on any atom is -0.505 e. The fraction of sp³-hybridized carbons (Fsp3) is 0.292. The number of aromatic hydroxyl groups is 1. The number of hydrogen-bond acceptors (Lipinski definition) is 5. The van der Waals surface area contributed by atoms with Gasteiger partial charge in [0.15, 0.2) is 11.3 Å². The highest BCUT2D eigenvalue weighted by atomic mass is 35.5. The minimum absolute atomic E-state index is 0.00495. The quantitative estimate of drug-likeness (QED) is 0.577. The summed E-state index contributed by atoms with van der Waals surface area (Å²) in [6.07, 6.45) is 0. The SMILES string of the molecule is CCOC(=O)c1c(O)c(-c2ccc(Cl)cc2)nn(Cc2ccc(C(C)(C)C)cc2)c1=O. The lowest BCUT2D eigenvalue weighted by Gasteiger charge is -2.19. The Balaban J connectivity index is 2.11. The molecule has 0 aliphatic heterocycles. The summed E-state index contributed by atoms with van der Waals surface area (Å²) in [6.45, 7) is 8.21. The van der Waals surface area contributed by atoms with Crippen molar-refractivity contribution in [3.05, 3.63) is 80.6 Å². The highest BCUT2D eigenvalue weighted by molar-refractivity contribution is 6.30. The van der Waals surface area contributed by atoms with Crippen LogP contribution in [0, 0.1) is 0 Å². The van der Waals surface area contributed by atoms with E-state index in [9.17, 15) is 14.7 Å². The predicted octanol–water partition coefficient (Wildman–Crippen LogP) is 4.79. The first-order valence-electron chi connectivity index (χ1n) is 9.98. The molecule has 0 amide bonds. The molecule has 2 aromatic carbocycles. The summed E-state index contributed by atoms with van der Waals surface area (Å²) < 4.78 is 6.17. The van der Waals surface area contributed by atoms with Gasteiger partial charge in [0.2, 0.25) is 0 Å². The van der Waals surface area contributed by atoms with Crippen LogP contribution in [0.25, 0.3) is 11.3 Å². The van der Waals surface area contributed by atoms with Gasteiger partial charge in [-0.3, -0.25) is 4.79 Å². The van der Waals surface area contributed by atoms with Crippen molar-refractivity contribution in [3.63, 3.8) is 0 Å². The molecule has 0 aliphatic rings. The Hall–Kier alpha value is -3.12. The molecule has 162 valence electrons. The van der Waals surface area contributed by atoms with Crippen LogP contribution in [0.4, 0.5) is 0 Å². The number of carbonyl (C=O) groups is 1. The van der Waals surface area contributed by atoms with Crippen LogP contribution in [0.5, 0.6) is 5.75 Å². The molecule has 1 heterocycles. The van der Waals surface area contributed by atoms with Crippen molar-refractivity contribution in [1.82, 2.24) is 9.78 Å². The van der Waals surface area contributed by atoms with Crippen LogP contribution in [-0.4, -0.2) is 27.5 Å². The fourth-order valence-corrected chi connectivity index (χ4v) is 3.27. The first-order chi connectivity index (χ1) is 14.6. The van der Waals surface area contributed by atoms with Gasteiger partial charge in [0.1, 0.15) is 5.69 Å². The Bertz CT molecular complexity index is 1140. The molecular weight excluding hydrogens is 416 g/mol. The number of aromatic nitrogens is 2. The molecule has 0 atom stereocenters. The zero-order valence-electron chi connectivity index (χ0n) is 18.0. The normalized spacial score (nSPS) is 11.4. The topological polar surface area (TPSA) is 81.4 Å². The second-order valence-electron chi connectivity index (χ2n) is 8.21. The summed E-state index contributed by atoms with van der Waals surface area (Å²) in [7, 11) is 0. The van der Waals surface area contributed by atoms with E-state index in [4.69, 9.17) is 16.3 Å². The summed E-state index contributed by atoms with van der Waals surface area (Å²) in [5.41, 5.74) is 1.48. The van der Waals surface area contributed by atoms with Gasteiger partial charge < -0.3 is 9.84 Å². The molecule has 0 spiro atoms. The second-order valence-corrected chi connectivity index (χ2v) is 8.65. The molecular formula is C24H25ClN2O4. The lowest BCUT2D eigenvalue weighted by atomic mass is 9.87. The smallest absolute Gasteiger partial charge is 0.347 e. The Morgan fingerprint density at radius 1 is 1.10 bits per heavy atom. The van der Waals surface area contributed by atoms with Gasteiger partial charge >= 0.3 is 5.97 Å². The van der Waals surface area contributed by atoms with Gasteiger partial charge in [-0.15, -0.1) is 0 Å². The van der Waals surface area contributed by atoms with Crippen molar-refractivity contribution in [2.45, 2.75) is 39.7 Å². The zero-order chi connectivity index (χ0) is 22.8. The number of halogens is 1.